The van der Waals surface area contributed by atoms with E-state index >= 15 is 0 Å². The summed E-state index contributed by atoms with van der Waals surface area (Å²) in [6, 6.07) is 3.32. The number of aryl methyl sites for hydroxylation is 1. The average Bonchev–Trinajstić information content (AvgIpc) is 2.60. The van der Waals surface area contributed by atoms with Gasteiger partial charge in [0.05, 0.1) is 10.2 Å². The molecule has 0 saturated carbocycles. The predicted octanol–water partition coefficient (Wildman–Crippen LogP) is 3.33. The van der Waals surface area contributed by atoms with Crippen LogP contribution in [0.25, 0.3) is 5.69 Å². The normalized spacial score (nSPS) is 10.8. The maximum atomic E-state index is 14.4. The van der Waals surface area contributed by atoms with Crippen molar-refractivity contribution in [3.05, 3.63) is 44.9 Å². The van der Waals surface area contributed by atoms with Gasteiger partial charge in [-0.15, -0.1) is 0 Å². The van der Waals surface area contributed by atoms with Gasteiger partial charge >= 0.3 is 0 Å². The number of nitrogens with zero attached hydrogens (tertiary/aromatic N) is 2. The molecule has 2 rings (SSSR count). The van der Waals surface area contributed by atoms with Crippen molar-refractivity contribution in [1.82, 2.24) is 9.78 Å². The smallest absolute Gasteiger partial charge is 0.163 e. The Kier molecular flexibility index (Phi) is 3.73. The summed E-state index contributed by atoms with van der Waals surface area (Å²) in [6.45, 7) is 5.77. The summed E-state index contributed by atoms with van der Waals surface area (Å²) < 4.78 is 16.3. The number of benzene rings is 1. The number of thiocarbonyl (C=S) groups is 1. The van der Waals surface area contributed by atoms with Crippen molar-refractivity contribution in [2.45, 2.75) is 20.8 Å². The van der Waals surface area contributed by atoms with Crippen molar-refractivity contribution < 1.29 is 4.39 Å². The van der Waals surface area contributed by atoms with Gasteiger partial charge in [0.1, 0.15) is 10.7 Å². The molecule has 0 aliphatic rings. The molecule has 0 bridgehead atoms. The zero-order chi connectivity index (χ0) is 14.3. The highest BCUT2D eigenvalue weighted by Crippen LogP contribution is 2.27. The van der Waals surface area contributed by atoms with Crippen LogP contribution in [0.5, 0.6) is 0 Å². The van der Waals surface area contributed by atoms with Gasteiger partial charge in [0.15, 0.2) is 5.82 Å². The first-order chi connectivity index (χ1) is 8.84. The van der Waals surface area contributed by atoms with E-state index < -0.39 is 5.82 Å². The second-order valence-corrected chi connectivity index (χ2v) is 5.56. The van der Waals surface area contributed by atoms with E-state index in [-0.39, 0.29) is 9.46 Å². The Morgan fingerprint density at radius 2 is 2.00 bits per heavy atom. The van der Waals surface area contributed by atoms with E-state index in [4.69, 9.17) is 18.0 Å². The summed E-state index contributed by atoms with van der Waals surface area (Å²) in [5.41, 5.74) is 9.24. The number of halogens is 2. The Balaban J connectivity index is 2.67. The third kappa shape index (κ3) is 2.30. The van der Waals surface area contributed by atoms with Crippen LogP contribution in [-0.2, 0) is 0 Å². The lowest BCUT2D eigenvalue weighted by Crippen LogP contribution is -2.12. The molecule has 0 spiro atoms. The minimum Gasteiger partial charge on any atom is -0.389 e. The van der Waals surface area contributed by atoms with Gasteiger partial charge in [0.2, 0.25) is 0 Å². The molecule has 0 fully saturated rings. The molecule has 1 aromatic heterocycles. The lowest BCUT2D eigenvalue weighted by atomic mass is 10.2. The molecule has 100 valence electrons. The standard InChI is InChI=1S/C13H13BrFN3S/c1-6-7(2)17-18(8(6)3)10-5-4-9(13(16)19)11(14)12(10)15/h4-5H,1-3H3,(H2,16,19). The van der Waals surface area contributed by atoms with Gasteiger partial charge in [0.25, 0.3) is 0 Å². The van der Waals surface area contributed by atoms with Crippen molar-refractivity contribution in [3.63, 3.8) is 0 Å². The highest BCUT2D eigenvalue weighted by atomic mass is 79.9. The third-order valence-corrected chi connectivity index (χ3v) is 4.20. The molecule has 6 heteroatoms. The largest absolute Gasteiger partial charge is 0.389 e. The molecule has 2 aromatic rings. The first-order valence-corrected chi connectivity index (χ1v) is 6.85. The van der Waals surface area contributed by atoms with Crippen molar-refractivity contribution in [2.75, 3.05) is 0 Å². The van der Waals surface area contributed by atoms with E-state index in [0.29, 0.717) is 11.3 Å². The Morgan fingerprint density at radius 1 is 1.37 bits per heavy atom. The molecular weight excluding hydrogens is 329 g/mol. The summed E-state index contributed by atoms with van der Waals surface area (Å²) in [4.78, 5) is 0.155. The molecule has 0 unspecified atom stereocenters. The van der Waals surface area contributed by atoms with Crippen LogP contribution in [0.3, 0.4) is 0 Å². The van der Waals surface area contributed by atoms with Crippen LogP contribution < -0.4 is 5.73 Å². The molecule has 0 aliphatic heterocycles. The van der Waals surface area contributed by atoms with Crippen LogP contribution in [0.15, 0.2) is 16.6 Å². The number of nitrogens with two attached hydrogens (primary N) is 1. The molecule has 0 saturated heterocycles. The van der Waals surface area contributed by atoms with Gasteiger partial charge in [-0.05, 0) is 54.4 Å². The Morgan fingerprint density at radius 3 is 2.47 bits per heavy atom. The third-order valence-electron chi connectivity index (χ3n) is 3.21. The van der Waals surface area contributed by atoms with Gasteiger partial charge < -0.3 is 5.73 Å². The zero-order valence-electron chi connectivity index (χ0n) is 10.8. The van der Waals surface area contributed by atoms with Crippen molar-refractivity contribution >= 4 is 33.1 Å². The zero-order valence-corrected chi connectivity index (χ0v) is 13.2. The minimum atomic E-state index is -0.420. The number of hydrogen-bond donors (Lipinski definition) is 1. The van der Waals surface area contributed by atoms with Crippen LogP contribution in [0.1, 0.15) is 22.5 Å². The predicted molar refractivity (Wildman–Crippen MR) is 81.3 cm³/mol. The fraction of sp³-hybridized carbons (Fsp3) is 0.231. The summed E-state index contributed by atoms with van der Waals surface area (Å²) in [7, 11) is 0. The summed E-state index contributed by atoms with van der Waals surface area (Å²) in [5.74, 6) is -0.420. The topological polar surface area (TPSA) is 43.8 Å². The number of aromatic nitrogens is 2. The van der Waals surface area contributed by atoms with E-state index in [1.165, 1.54) is 0 Å². The second-order valence-electron chi connectivity index (χ2n) is 4.33. The summed E-state index contributed by atoms with van der Waals surface area (Å²) in [6.07, 6.45) is 0. The fourth-order valence-electron chi connectivity index (χ4n) is 1.85. The monoisotopic (exact) mass is 341 g/mol. The average molecular weight is 342 g/mol. The Hall–Kier alpha value is -1.27. The van der Waals surface area contributed by atoms with Gasteiger partial charge in [-0.25, -0.2) is 9.07 Å². The fourth-order valence-corrected chi connectivity index (χ4v) is 2.70. The molecule has 0 radical (unpaired) electrons. The van der Waals surface area contributed by atoms with Crippen LogP contribution in [0.4, 0.5) is 4.39 Å². The highest BCUT2D eigenvalue weighted by molar-refractivity contribution is 9.10. The van der Waals surface area contributed by atoms with Crippen molar-refractivity contribution in [3.8, 4) is 5.69 Å². The molecule has 0 amide bonds. The first kappa shape index (κ1) is 14.1. The summed E-state index contributed by atoms with van der Waals surface area (Å²) >= 11 is 8.07. The molecule has 0 aliphatic carbocycles. The molecule has 2 N–H and O–H groups in total. The highest BCUT2D eigenvalue weighted by Gasteiger charge is 2.17. The van der Waals surface area contributed by atoms with E-state index in [1.807, 2.05) is 20.8 Å². The van der Waals surface area contributed by atoms with Crippen molar-refractivity contribution in [1.29, 1.82) is 0 Å². The Labute approximate surface area is 124 Å². The Bertz CT molecular complexity index is 679. The first-order valence-electron chi connectivity index (χ1n) is 5.65. The summed E-state index contributed by atoms with van der Waals surface area (Å²) in [5, 5.41) is 4.35. The van der Waals surface area contributed by atoms with E-state index in [0.717, 1.165) is 17.0 Å². The van der Waals surface area contributed by atoms with Gasteiger partial charge in [0, 0.05) is 11.3 Å². The maximum Gasteiger partial charge on any atom is 0.163 e. The van der Waals surface area contributed by atoms with E-state index in [9.17, 15) is 4.39 Å². The molecule has 19 heavy (non-hydrogen) atoms. The SMILES string of the molecule is Cc1nn(-c2ccc(C(N)=S)c(Br)c2F)c(C)c1C. The van der Waals surface area contributed by atoms with E-state index in [2.05, 4.69) is 21.0 Å². The van der Waals surface area contributed by atoms with Crippen LogP contribution in [-0.4, -0.2) is 14.8 Å². The molecule has 1 aromatic carbocycles. The van der Waals surface area contributed by atoms with Crippen LogP contribution >= 0.6 is 28.1 Å². The second kappa shape index (κ2) is 5.02. The molecule has 0 atom stereocenters. The lowest BCUT2D eigenvalue weighted by molar-refractivity contribution is 0.601. The molecule has 1 heterocycles. The van der Waals surface area contributed by atoms with E-state index in [1.54, 1.807) is 16.8 Å². The van der Waals surface area contributed by atoms with Gasteiger partial charge in [-0.3, -0.25) is 0 Å². The van der Waals surface area contributed by atoms with Gasteiger partial charge in [-0.2, -0.15) is 5.10 Å². The number of rotatable bonds is 2. The number of hydrogen-bond acceptors (Lipinski definition) is 2. The quantitative estimate of drug-likeness (QED) is 0.852. The van der Waals surface area contributed by atoms with Crippen molar-refractivity contribution in [2.24, 2.45) is 5.73 Å². The van der Waals surface area contributed by atoms with Gasteiger partial charge in [-0.1, -0.05) is 12.2 Å². The minimum absolute atomic E-state index is 0.155. The maximum absolute atomic E-state index is 14.4. The molecule has 3 nitrogen and oxygen atoms in total. The van der Waals surface area contributed by atoms with Crippen LogP contribution in [0.2, 0.25) is 0 Å². The lowest BCUT2D eigenvalue weighted by Gasteiger charge is -2.10. The van der Waals surface area contributed by atoms with Crippen LogP contribution in [0, 0.1) is 26.6 Å². The molecular formula is C13H13BrFN3S.